The van der Waals surface area contributed by atoms with Gasteiger partial charge in [0.05, 0.1) is 11.3 Å². The van der Waals surface area contributed by atoms with Crippen LogP contribution in [0.15, 0.2) is 60.8 Å². The molecule has 0 amide bonds. The molecule has 112 valence electrons. The molecule has 0 spiro atoms. The first-order valence-electron chi connectivity index (χ1n) is 6.86. The predicted molar refractivity (Wildman–Crippen MR) is 86.2 cm³/mol. The Morgan fingerprint density at radius 1 is 0.957 bits per heavy atom. The summed E-state index contributed by atoms with van der Waals surface area (Å²) in [5.74, 6) is 0.614. The van der Waals surface area contributed by atoms with E-state index >= 15 is 0 Å². The lowest BCUT2D eigenvalue weighted by Crippen LogP contribution is -2.01. The highest BCUT2D eigenvalue weighted by Gasteiger charge is 2.04. The van der Waals surface area contributed by atoms with Crippen molar-refractivity contribution < 1.29 is 4.39 Å². The molecule has 0 atom stereocenters. The maximum absolute atomic E-state index is 12.9. The number of para-hydroxylation sites is 1. The van der Waals surface area contributed by atoms with E-state index < -0.39 is 0 Å². The number of aromatic nitrogens is 2. The van der Waals surface area contributed by atoms with Gasteiger partial charge in [0.15, 0.2) is 0 Å². The highest BCUT2D eigenvalue weighted by molar-refractivity contribution is 5.65. The fourth-order valence-electron chi connectivity index (χ4n) is 1.98. The topological polar surface area (TPSA) is 73.6 Å². The molecule has 23 heavy (non-hydrogen) atoms. The van der Waals surface area contributed by atoms with Crippen molar-refractivity contribution in [3.05, 3.63) is 72.2 Å². The summed E-state index contributed by atoms with van der Waals surface area (Å²) in [5, 5.41) is 15.2. The van der Waals surface area contributed by atoms with Gasteiger partial charge in [-0.1, -0.05) is 12.1 Å². The van der Waals surface area contributed by atoms with Gasteiger partial charge in [-0.05, 0) is 42.5 Å². The Kier molecular flexibility index (Phi) is 4.11. The van der Waals surface area contributed by atoms with Crippen LogP contribution in [0.25, 0.3) is 0 Å². The van der Waals surface area contributed by atoms with E-state index in [0.29, 0.717) is 28.7 Å². The van der Waals surface area contributed by atoms with Crippen molar-refractivity contribution in [1.29, 1.82) is 5.26 Å². The number of benzene rings is 2. The van der Waals surface area contributed by atoms with Gasteiger partial charge >= 0.3 is 0 Å². The van der Waals surface area contributed by atoms with Gasteiger partial charge in [-0.25, -0.2) is 9.37 Å². The zero-order valence-corrected chi connectivity index (χ0v) is 12.0. The number of rotatable bonds is 4. The number of nitriles is 1. The number of anilines is 4. The van der Waals surface area contributed by atoms with E-state index in [9.17, 15) is 4.39 Å². The van der Waals surface area contributed by atoms with Crippen molar-refractivity contribution in [3.8, 4) is 6.07 Å². The zero-order chi connectivity index (χ0) is 16.1. The lowest BCUT2D eigenvalue weighted by Gasteiger charge is -2.09. The summed E-state index contributed by atoms with van der Waals surface area (Å²) in [4.78, 5) is 8.44. The van der Waals surface area contributed by atoms with Crippen LogP contribution in [0.3, 0.4) is 0 Å². The summed E-state index contributed by atoms with van der Waals surface area (Å²) in [7, 11) is 0. The van der Waals surface area contributed by atoms with Crippen LogP contribution in [0.5, 0.6) is 0 Å². The van der Waals surface area contributed by atoms with Crippen molar-refractivity contribution >= 4 is 23.1 Å². The van der Waals surface area contributed by atoms with Gasteiger partial charge < -0.3 is 10.6 Å². The molecule has 6 heteroatoms. The van der Waals surface area contributed by atoms with Crippen LogP contribution < -0.4 is 10.6 Å². The first-order valence-corrected chi connectivity index (χ1v) is 6.86. The standard InChI is InChI=1S/C17H12FN5/c18-13-5-7-14(8-6-13)21-17-20-10-9-16(23-17)22-15-4-2-1-3-12(15)11-19/h1-10H,(H2,20,21,22,23). The van der Waals surface area contributed by atoms with Gasteiger partial charge in [-0.2, -0.15) is 10.2 Å². The molecule has 5 nitrogen and oxygen atoms in total. The summed E-state index contributed by atoms with van der Waals surface area (Å²) in [5.41, 5.74) is 1.88. The lowest BCUT2D eigenvalue weighted by molar-refractivity contribution is 0.628. The molecule has 3 aromatic rings. The number of hydrogen-bond acceptors (Lipinski definition) is 5. The van der Waals surface area contributed by atoms with Crippen LogP contribution in [-0.4, -0.2) is 9.97 Å². The Morgan fingerprint density at radius 3 is 2.52 bits per heavy atom. The van der Waals surface area contributed by atoms with Gasteiger partial charge in [-0.15, -0.1) is 0 Å². The van der Waals surface area contributed by atoms with Gasteiger partial charge in [-0.3, -0.25) is 0 Å². The van der Waals surface area contributed by atoms with Gasteiger partial charge in [0.2, 0.25) is 5.95 Å². The average Bonchev–Trinajstić information content (AvgIpc) is 2.58. The maximum atomic E-state index is 12.9. The zero-order valence-electron chi connectivity index (χ0n) is 12.0. The quantitative estimate of drug-likeness (QED) is 0.763. The van der Waals surface area contributed by atoms with E-state index in [1.165, 1.54) is 12.1 Å². The third kappa shape index (κ3) is 3.60. The highest BCUT2D eigenvalue weighted by Crippen LogP contribution is 2.20. The van der Waals surface area contributed by atoms with Crippen LogP contribution in [0, 0.1) is 17.1 Å². The van der Waals surface area contributed by atoms with Crippen LogP contribution in [0.2, 0.25) is 0 Å². The molecule has 2 aromatic carbocycles. The first-order chi connectivity index (χ1) is 11.2. The Morgan fingerprint density at radius 2 is 1.74 bits per heavy atom. The maximum Gasteiger partial charge on any atom is 0.229 e. The second-order valence-electron chi connectivity index (χ2n) is 4.68. The van der Waals surface area contributed by atoms with E-state index in [0.717, 1.165) is 0 Å². The van der Waals surface area contributed by atoms with Crippen LogP contribution in [-0.2, 0) is 0 Å². The third-order valence-electron chi connectivity index (χ3n) is 3.07. The summed E-state index contributed by atoms with van der Waals surface area (Å²) in [6.45, 7) is 0. The Labute approximate surface area is 132 Å². The van der Waals surface area contributed by atoms with E-state index in [2.05, 4.69) is 26.7 Å². The summed E-state index contributed by atoms with van der Waals surface area (Å²) in [6.07, 6.45) is 1.59. The highest BCUT2D eigenvalue weighted by atomic mass is 19.1. The molecule has 0 saturated carbocycles. The molecular formula is C17H12FN5. The largest absolute Gasteiger partial charge is 0.339 e. The number of hydrogen-bond donors (Lipinski definition) is 2. The van der Waals surface area contributed by atoms with Crippen LogP contribution in [0.4, 0.5) is 27.5 Å². The fraction of sp³-hybridized carbons (Fsp3) is 0. The van der Waals surface area contributed by atoms with Crippen molar-refractivity contribution in [2.24, 2.45) is 0 Å². The first kappa shape index (κ1) is 14.5. The van der Waals surface area contributed by atoms with Crippen molar-refractivity contribution in [1.82, 2.24) is 9.97 Å². The van der Waals surface area contributed by atoms with E-state index in [1.54, 1.807) is 42.6 Å². The molecule has 2 N–H and O–H groups in total. The van der Waals surface area contributed by atoms with Gasteiger partial charge in [0.25, 0.3) is 0 Å². The molecule has 0 radical (unpaired) electrons. The number of halogens is 1. The predicted octanol–water partition coefficient (Wildman–Crippen LogP) is 3.97. The summed E-state index contributed by atoms with van der Waals surface area (Å²) in [6, 6.07) is 16.9. The molecule has 3 rings (SSSR count). The van der Waals surface area contributed by atoms with Crippen molar-refractivity contribution in [3.63, 3.8) is 0 Å². The lowest BCUT2D eigenvalue weighted by atomic mass is 10.2. The van der Waals surface area contributed by atoms with E-state index in [-0.39, 0.29) is 5.82 Å². The molecular weight excluding hydrogens is 293 g/mol. The van der Waals surface area contributed by atoms with E-state index in [1.807, 2.05) is 6.07 Å². The SMILES string of the molecule is N#Cc1ccccc1Nc1ccnc(Nc2ccc(F)cc2)n1. The third-order valence-corrected chi connectivity index (χ3v) is 3.07. The Balaban J connectivity index is 1.80. The molecule has 1 heterocycles. The number of nitrogens with zero attached hydrogens (tertiary/aromatic N) is 3. The van der Waals surface area contributed by atoms with Crippen molar-refractivity contribution in [2.45, 2.75) is 0 Å². The summed E-state index contributed by atoms with van der Waals surface area (Å²) >= 11 is 0. The molecule has 0 saturated heterocycles. The van der Waals surface area contributed by atoms with Gasteiger partial charge in [0.1, 0.15) is 17.7 Å². The molecule has 0 aliphatic rings. The van der Waals surface area contributed by atoms with Crippen LogP contribution in [0.1, 0.15) is 5.56 Å². The molecule has 1 aromatic heterocycles. The molecule has 0 aliphatic carbocycles. The minimum Gasteiger partial charge on any atom is -0.339 e. The van der Waals surface area contributed by atoms with Crippen LogP contribution >= 0.6 is 0 Å². The number of nitrogens with one attached hydrogen (secondary N) is 2. The fourth-order valence-corrected chi connectivity index (χ4v) is 1.98. The minimum atomic E-state index is -0.306. The molecule has 0 bridgehead atoms. The van der Waals surface area contributed by atoms with Crippen molar-refractivity contribution in [2.75, 3.05) is 10.6 Å². The second-order valence-corrected chi connectivity index (χ2v) is 4.68. The molecule has 0 fully saturated rings. The molecule has 0 aliphatic heterocycles. The Hall–Kier alpha value is -3.46. The van der Waals surface area contributed by atoms with E-state index in [4.69, 9.17) is 5.26 Å². The second kappa shape index (κ2) is 6.54. The Bertz CT molecular complexity index is 855. The monoisotopic (exact) mass is 305 g/mol. The van der Waals surface area contributed by atoms with Gasteiger partial charge in [0, 0.05) is 11.9 Å². The normalized spacial score (nSPS) is 9.91. The average molecular weight is 305 g/mol. The smallest absolute Gasteiger partial charge is 0.229 e. The molecule has 0 unspecified atom stereocenters. The minimum absolute atomic E-state index is 0.306. The summed E-state index contributed by atoms with van der Waals surface area (Å²) < 4.78 is 12.9.